The number of aryl methyl sites for hydroxylation is 1. The van der Waals surface area contributed by atoms with E-state index in [0.29, 0.717) is 6.04 Å². The van der Waals surface area contributed by atoms with Crippen molar-refractivity contribution in [2.45, 2.75) is 38.7 Å². The van der Waals surface area contributed by atoms with Crippen LogP contribution < -0.4 is 0 Å². The molecular weight excluding hydrogens is 258 g/mol. The highest BCUT2D eigenvalue weighted by Crippen LogP contribution is 2.25. The molecular formula is C15H22ClN3. The lowest BCUT2D eigenvalue weighted by Crippen LogP contribution is -2.29. The summed E-state index contributed by atoms with van der Waals surface area (Å²) in [5.41, 5.74) is 3.43. The van der Waals surface area contributed by atoms with Crippen molar-refractivity contribution in [2.24, 2.45) is 0 Å². The minimum Gasteiger partial charge on any atom is -0.325 e. The molecule has 0 saturated heterocycles. The van der Waals surface area contributed by atoms with Crippen LogP contribution in [-0.4, -0.2) is 34.6 Å². The van der Waals surface area contributed by atoms with Gasteiger partial charge in [0, 0.05) is 12.6 Å². The van der Waals surface area contributed by atoms with Gasteiger partial charge in [0.25, 0.3) is 0 Å². The van der Waals surface area contributed by atoms with E-state index in [1.165, 1.54) is 11.1 Å². The molecule has 1 heterocycles. The fourth-order valence-corrected chi connectivity index (χ4v) is 2.35. The van der Waals surface area contributed by atoms with E-state index in [2.05, 4.69) is 55.6 Å². The van der Waals surface area contributed by atoms with Gasteiger partial charge in [0.2, 0.25) is 0 Å². The molecule has 0 amide bonds. The Morgan fingerprint density at radius 3 is 2.58 bits per heavy atom. The third-order valence-electron chi connectivity index (χ3n) is 3.62. The number of hydrogen-bond acceptors (Lipinski definition) is 2. The Hall–Kier alpha value is -1.06. The predicted octanol–water partition coefficient (Wildman–Crippen LogP) is 3.59. The molecule has 0 N–H and O–H groups in total. The smallest absolute Gasteiger partial charge is 0.127 e. The molecule has 4 heteroatoms. The summed E-state index contributed by atoms with van der Waals surface area (Å²) in [5.74, 6) is 0.955. The minimum atomic E-state index is -0.0814. The first-order valence-electron chi connectivity index (χ1n) is 6.67. The summed E-state index contributed by atoms with van der Waals surface area (Å²) in [6.07, 6.45) is 0. The van der Waals surface area contributed by atoms with Gasteiger partial charge in [0.1, 0.15) is 5.82 Å². The fraction of sp³-hybridized carbons (Fsp3) is 0.533. The number of halogens is 1. The van der Waals surface area contributed by atoms with E-state index in [0.717, 1.165) is 17.9 Å². The highest BCUT2D eigenvalue weighted by atomic mass is 35.5. The molecule has 1 aromatic carbocycles. The van der Waals surface area contributed by atoms with Crippen molar-refractivity contribution in [3.63, 3.8) is 0 Å². The summed E-state index contributed by atoms with van der Waals surface area (Å²) in [6, 6.07) is 6.83. The molecule has 3 nitrogen and oxygen atoms in total. The average Bonchev–Trinajstić information content (AvgIpc) is 2.67. The Balaban J connectivity index is 2.52. The van der Waals surface area contributed by atoms with Gasteiger partial charge in [0.05, 0.1) is 16.4 Å². The van der Waals surface area contributed by atoms with Crippen LogP contribution in [0.5, 0.6) is 0 Å². The third-order valence-corrected chi connectivity index (χ3v) is 3.81. The molecule has 104 valence electrons. The molecule has 0 fully saturated rings. The summed E-state index contributed by atoms with van der Waals surface area (Å²) in [5, 5.41) is -0.0814. The van der Waals surface area contributed by atoms with Crippen molar-refractivity contribution in [3.05, 3.63) is 29.6 Å². The molecule has 0 saturated carbocycles. The van der Waals surface area contributed by atoms with Crippen molar-refractivity contribution in [3.8, 4) is 0 Å². The van der Waals surface area contributed by atoms with Gasteiger partial charge in [-0.2, -0.15) is 0 Å². The average molecular weight is 280 g/mol. The van der Waals surface area contributed by atoms with Crippen LogP contribution in [-0.2, 0) is 6.54 Å². The van der Waals surface area contributed by atoms with Gasteiger partial charge in [-0.25, -0.2) is 4.98 Å². The zero-order chi connectivity index (χ0) is 14.2. The quantitative estimate of drug-likeness (QED) is 0.798. The van der Waals surface area contributed by atoms with Crippen molar-refractivity contribution in [1.82, 2.24) is 14.5 Å². The molecule has 0 spiro atoms. The minimum absolute atomic E-state index is 0.0814. The monoisotopic (exact) mass is 279 g/mol. The molecule has 0 bridgehead atoms. The van der Waals surface area contributed by atoms with Crippen molar-refractivity contribution in [2.75, 3.05) is 14.1 Å². The van der Waals surface area contributed by atoms with Crippen molar-refractivity contribution in [1.29, 1.82) is 0 Å². The Morgan fingerprint density at radius 1 is 1.32 bits per heavy atom. The molecule has 2 unspecified atom stereocenters. The van der Waals surface area contributed by atoms with Gasteiger partial charge in [-0.3, -0.25) is 0 Å². The highest BCUT2D eigenvalue weighted by Gasteiger charge is 2.17. The lowest BCUT2D eigenvalue weighted by atomic mass is 10.2. The van der Waals surface area contributed by atoms with E-state index in [-0.39, 0.29) is 5.38 Å². The maximum atomic E-state index is 6.29. The van der Waals surface area contributed by atoms with Gasteiger partial charge in [-0.15, -0.1) is 11.6 Å². The number of hydrogen-bond donors (Lipinski definition) is 0. The zero-order valence-corrected chi connectivity index (χ0v) is 13.1. The molecule has 0 aliphatic heterocycles. The number of fused-ring (bicyclic) bond motifs is 1. The Labute approximate surface area is 120 Å². The largest absolute Gasteiger partial charge is 0.325 e. The molecule has 19 heavy (non-hydrogen) atoms. The fourth-order valence-electron chi connectivity index (χ4n) is 2.18. The number of likely N-dealkylation sites (N-methyl/N-ethyl adjacent to an activating group) is 1. The van der Waals surface area contributed by atoms with E-state index in [4.69, 9.17) is 16.6 Å². The first-order chi connectivity index (χ1) is 8.90. The summed E-state index contributed by atoms with van der Waals surface area (Å²) in [6.45, 7) is 7.18. The van der Waals surface area contributed by atoms with E-state index in [9.17, 15) is 0 Å². The highest BCUT2D eigenvalue weighted by molar-refractivity contribution is 6.20. The van der Waals surface area contributed by atoms with Crippen molar-refractivity contribution >= 4 is 22.6 Å². The SMILES string of the molecule is Cc1ccc2c(c1)nc(C(C)Cl)n2CC(C)N(C)C. The molecule has 1 aromatic heterocycles. The third kappa shape index (κ3) is 2.93. The van der Waals surface area contributed by atoms with Crippen LogP contribution in [0.4, 0.5) is 0 Å². The Bertz CT molecular complexity index is 572. The predicted molar refractivity (Wildman–Crippen MR) is 81.9 cm³/mol. The van der Waals surface area contributed by atoms with E-state index < -0.39 is 0 Å². The van der Waals surface area contributed by atoms with Crippen LogP contribution in [0.1, 0.15) is 30.6 Å². The van der Waals surface area contributed by atoms with Crippen molar-refractivity contribution < 1.29 is 0 Å². The second-order valence-electron chi connectivity index (χ2n) is 5.50. The number of imidazole rings is 1. The summed E-state index contributed by atoms with van der Waals surface area (Å²) < 4.78 is 2.25. The number of aromatic nitrogens is 2. The standard InChI is InChI=1S/C15H22ClN3/c1-10-6-7-14-13(8-10)17-15(12(3)16)19(14)9-11(2)18(4)5/h6-8,11-12H,9H2,1-5H3. The lowest BCUT2D eigenvalue weighted by molar-refractivity contribution is 0.284. The van der Waals surface area contributed by atoms with Crippen LogP contribution in [0.3, 0.4) is 0 Å². The molecule has 2 atom stereocenters. The second-order valence-corrected chi connectivity index (χ2v) is 6.16. The Morgan fingerprint density at radius 2 is 2.00 bits per heavy atom. The normalized spacial score (nSPS) is 15.1. The van der Waals surface area contributed by atoms with E-state index >= 15 is 0 Å². The van der Waals surface area contributed by atoms with E-state index in [1.807, 2.05) is 6.92 Å². The first kappa shape index (κ1) is 14.4. The first-order valence-corrected chi connectivity index (χ1v) is 7.11. The summed E-state index contributed by atoms with van der Waals surface area (Å²) in [7, 11) is 4.19. The second kappa shape index (κ2) is 5.51. The topological polar surface area (TPSA) is 21.1 Å². The summed E-state index contributed by atoms with van der Waals surface area (Å²) >= 11 is 6.29. The van der Waals surface area contributed by atoms with Gasteiger partial charge < -0.3 is 9.47 Å². The summed E-state index contributed by atoms with van der Waals surface area (Å²) in [4.78, 5) is 6.91. The maximum absolute atomic E-state index is 6.29. The Kier molecular flexibility index (Phi) is 4.16. The number of rotatable bonds is 4. The van der Waals surface area contributed by atoms with Gasteiger partial charge in [0.15, 0.2) is 0 Å². The lowest BCUT2D eigenvalue weighted by Gasteiger charge is -2.22. The van der Waals surface area contributed by atoms with Crippen LogP contribution in [0.25, 0.3) is 11.0 Å². The number of alkyl halides is 1. The number of benzene rings is 1. The zero-order valence-electron chi connectivity index (χ0n) is 12.3. The van der Waals surface area contributed by atoms with Gasteiger partial charge >= 0.3 is 0 Å². The molecule has 2 aromatic rings. The van der Waals surface area contributed by atoms with Gasteiger partial charge in [-0.05, 0) is 52.6 Å². The van der Waals surface area contributed by atoms with E-state index in [1.54, 1.807) is 0 Å². The van der Waals surface area contributed by atoms with Crippen LogP contribution in [0, 0.1) is 6.92 Å². The number of nitrogens with zero attached hydrogens (tertiary/aromatic N) is 3. The van der Waals surface area contributed by atoms with Gasteiger partial charge in [-0.1, -0.05) is 6.07 Å². The van der Waals surface area contributed by atoms with Crippen LogP contribution >= 0.6 is 11.6 Å². The molecule has 2 rings (SSSR count). The molecule has 0 radical (unpaired) electrons. The maximum Gasteiger partial charge on any atom is 0.127 e. The molecule has 0 aliphatic rings. The van der Waals surface area contributed by atoms with Crippen LogP contribution in [0.15, 0.2) is 18.2 Å². The molecule has 0 aliphatic carbocycles. The van der Waals surface area contributed by atoms with Crippen LogP contribution in [0.2, 0.25) is 0 Å².